The lowest BCUT2D eigenvalue weighted by Gasteiger charge is -2.23. The molecular weight excluding hydrogens is 244 g/mol. The second kappa shape index (κ2) is 4.94. The minimum absolute atomic E-state index is 0.00310. The first-order valence-electron chi connectivity index (χ1n) is 6.79. The summed E-state index contributed by atoms with van der Waals surface area (Å²) in [6.45, 7) is 0. The van der Waals surface area contributed by atoms with E-state index in [0.717, 1.165) is 24.8 Å². The van der Waals surface area contributed by atoms with E-state index in [1.54, 1.807) is 17.9 Å². The molecule has 4 atom stereocenters. The topological polar surface area (TPSA) is 68.2 Å². The van der Waals surface area contributed by atoms with E-state index in [-0.39, 0.29) is 24.1 Å². The molecule has 2 N–H and O–H groups in total. The van der Waals surface area contributed by atoms with Crippen molar-refractivity contribution in [2.75, 3.05) is 7.05 Å². The number of ether oxygens (including phenoxy) is 1. The standard InChI is InChI=1S/C13H20N4O2/c1-14-12(8-6-15-17(2)7-8)13(18)16-10-5-9-3-4-11(10)19-9/h6-7,9-12,14H,3-5H2,1-2H3,(H,16,18)/t9-,10-,11+,12?/m1/s1. The number of aromatic nitrogens is 2. The van der Waals surface area contributed by atoms with E-state index < -0.39 is 0 Å². The van der Waals surface area contributed by atoms with Crippen molar-refractivity contribution in [3.8, 4) is 0 Å². The molecule has 2 saturated heterocycles. The maximum atomic E-state index is 12.4. The van der Waals surface area contributed by atoms with E-state index in [1.807, 2.05) is 13.2 Å². The second-order valence-electron chi connectivity index (χ2n) is 5.39. The fraction of sp³-hybridized carbons (Fsp3) is 0.692. The van der Waals surface area contributed by atoms with Gasteiger partial charge < -0.3 is 15.4 Å². The molecule has 1 amide bonds. The normalized spacial score (nSPS) is 30.5. The zero-order valence-electron chi connectivity index (χ0n) is 11.3. The highest BCUT2D eigenvalue weighted by molar-refractivity contribution is 5.83. The Hall–Kier alpha value is -1.40. The van der Waals surface area contributed by atoms with Gasteiger partial charge in [0.25, 0.3) is 0 Å². The van der Waals surface area contributed by atoms with Crippen LogP contribution in [0.5, 0.6) is 0 Å². The molecule has 0 aromatic carbocycles. The van der Waals surface area contributed by atoms with Crippen molar-refractivity contribution in [2.45, 2.75) is 43.6 Å². The molecule has 1 aromatic heterocycles. The SMILES string of the molecule is CNC(C(=O)N[C@@H]1C[C@H]2CC[C@@H]1O2)c1cnn(C)c1. The second-order valence-corrected chi connectivity index (χ2v) is 5.39. The predicted octanol–water partition coefficient (Wildman–Crippen LogP) is 0.117. The van der Waals surface area contributed by atoms with Crippen LogP contribution >= 0.6 is 0 Å². The third kappa shape index (κ3) is 2.37. The molecule has 1 aromatic rings. The van der Waals surface area contributed by atoms with Gasteiger partial charge in [0.2, 0.25) is 5.91 Å². The molecule has 0 aliphatic carbocycles. The number of hydrogen-bond acceptors (Lipinski definition) is 4. The van der Waals surface area contributed by atoms with Crippen LogP contribution in [-0.4, -0.2) is 41.0 Å². The highest BCUT2D eigenvalue weighted by atomic mass is 16.5. The number of rotatable bonds is 4. The number of amides is 1. The first kappa shape index (κ1) is 12.6. The zero-order valence-corrected chi connectivity index (χ0v) is 11.3. The average Bonchev–Trinajstić information content (AvgIpc) is 3.07. The van der Waals surface area contributed by atoms with Crippen LogP contribution in [0.15, 0.2) is 12.4 Å². The molecule has 2 aliphatic rings. The zero-order chi connectivity index (χ0) is 13.4. The molecule has 1 unspecified atom stereocenters. The summed E-state index contributed by atoms with van der Waals surface area (Å²) >= 11 is 0. The molecule has 0 spiro atoms. The van der Waals surface area contributed by atoms with Gasteiger partial charge in [0.15, 0.2) is 0 Å². The Morgan fingerprint density at radius 2 is 2.42 bits per heavy atom. The van der Waals surface area contributed by atoms with Gasteiger partial charge in [-0.1, -0.05) is 0 Å². The van der Waals surface area contributed by atoms with E-state index in [4.69, 9.17) is 4.74 Å². The Bertz CT molecular complexity index is 473. The molecule has 3 heterocycles. The number of nitrogens with zero attached hydrogens (tertiary/aromatic N) is 2. The van der Waals surface area contributed by atoms with Crippen molar-refractivity contribution in [3.63, 3.8) is 0 Å². The van der Waals surface area contributed by atoms with Gasteiger partial charge in [-0.2, -0.15) is 5.10 Å². The third-order valence-electron chi connectivity index (χ3n) is 4.04. The quantitative estimate of drug-likeness (QED) is 0.810. The summed E-state index contributed by atoms with van der Waals surface area (Å²) in [6, 6.07) is -0.188. The largest absolute Gasteiger partial charge is 0.373 e. The van der Waals surface area contributed by atoms with Gasteiger partial charge in [-0.25, -0.2) is 0 Å². The summed E-state index contributed by atoms with van der Waals surface area (Å²) in [7, 11) is 3.63. The Morgan fingerprint density at radius 1 is 1.58 bits per heavy atom. The number of aryl methyl sites for hydroxylation is 1. The minimum Gasteiger partial charge on any atom is -0.373 e. The van der Waals surface area contributed by atoms with Crippen LogP contribution in [-0.2, 0) is 16.6 Å². The van der Waals surface area contributed by atoms with Gasteiger partial charge in [-0.3, -0.25) is 9.48 Å². The van der Waals surface area contributed by atoms with Gasteiger partial charge in [-0.05, 0) is 26.3 Å². The van der Waals surface area contributed by atoms with Crippen LogP contribution in [0.25, 0.3) is 0 Å². The first-order chi connectivity index (χ1) is 9.17. The van der Waals surface area contributed by atoms with Crippen molar-refractivity contribution in [1.82, 2.24) is 20.4 Å². The number of nitrogens with one attached hydrogen (secondary N) is 2. The van der Waals surface area contributed by atoms with E-state index in [1.165, 1.54) is 0 Å². The molecule has 2 fully saturated rings. The van der Waals surface area contributed by atoms with Crippen LogP contribution < -0.4 is 10.6 Å². The Labute approximate surface area is 112 Å². The van der Waals surface area contributed by atoms with E-state index in [2.05, 4.69) is 15.7 Å². The first-order valence-corrected chi connectivity index (χ1v) is 6.79. The molecule has 0 radical (unpaired) electrons. The molecule has 19 heavy (non-hydrogen) atoms. The van der Waals surface area contributed by atoms with Gasteiger partial charge in [0.1, 0.15) is 6.04 Å². The minimum atomic E-state index is -0.354. The van der Waals surface area contributed by atoms with Crippen molar-refractivity contribution in [3.05, 3.63) is 18.0 Å². The Morgan fingerprint density at radius 3 is 2.95 bits per heavy atom. The predicted molar refractivity (Wildman–Crippen MR) is 69.5 cm³/mol. The van der Waals surface area contributed by atoms with Crippen LogP contribution in [0.1, 0.15) is 30.9 Å². The van der Waals surface area contributed by atoms with Crippen molar-refractivity contribution in [1.29, 1.82) is 0 Å². The van der Waals surface area contributed by atoms with Gasteiger partial charge in [0, 0.05) is 18.8 Å². The van der Waals surface area contributed by atoms with Crippen molar-refractivity contribution in [2.24, 2.45) is 7.05 Å². The summed E-state index contributed by atoms with van der Waals surface area (Å²) < 4.78 is 7.46. The number of hydrogen-bond donors (Lipinski definition) is 2. The number of carbonyl (C=O) groups excluding carboxylic acids is 1. The molecule has 104 valence electrons. The smallest absolute Gasteiger partial charge is 0.242 e. The fourth-order valence-corrected chi connectivity index (χ4v) is 3.09. The summed E-state index contributed by atoms with van der Waals surface area (Å²) in [4.78, 5) is 12.4. The molecule has 2 bridgehead atoms. The van der Waals surface area contributed by atoms with E-state index >= 15 is 0 Å². The molecule has 6 heteroatoms. The monoisotopic (exact) mass is 264 g/mol. The Balaban J connectivity index is 1.65. The lowest BCUT2D eigenvalue weighted by molar-refractivity contribution is -0.124. The third-order valence-corrected chi connectivity index (χ3v) is 4.04. The number of likely N-dealkylation sites (N-methyl/N-ethyl adjacent to an activating group) is 1. The van der Waals surface area contributed by atoms with E-state index in [9.17, 15) is 4.79 Å². The van der Waals surface area contributed by atoms with Crippen LogP contribution in [0.4, 0.5) is 0 Å². The summed E-state index contributed by atoms with van der Waals surface area (Å²) in [5.41, 5.74) is 0.881. The van der Waals surface area contributed by atoms with E-state index in [0.29, 0.717) is 6.10 Å². The Kier molecular flexibility index (Phi) is 3.28. The highest BCUT2D eigenvalue weighted by Gasteiger charge is 2.42. The average molecular weight is 264 g/mol. The molecule has 6 nitrogen and oxygen atoms in total. The molecule has 0 saturated carbocycles. The van der Waals surface area contributed by atoms with Crippen LogP contribution in [0.2, 0.25) is 0 Å². The lowest BCUT2D eigenvalue weighted by Crippen LogP contribution is -2.45. The van der Waals surface area contributed by atoms with Crippen LogP contribution in [0, 0.1) is 0 Å². The molecule has 2 aliphatic heterocycles. The van der Waals surface area contributed by atoms with Crippen molar-refractivity contribution < 1.29 is 9.53 Å². The number of carbonyl (C=O) groups is 1. The van der Waals surface area contributed by atoms with Crippen LogP contribution in [0.3, 0.4) is 0 Å². The molecule has 3 rings (SSSR count). The summed E-state index contributed by atoms with van der Waals surface area (Å²) in [5.74, 6) is -0.00310. The number of fused-ring (bicyclic) bond motifs is 2. The lowest BCUT2D eigenvalue weighted by atomic mass is 9.95. The maximum absolute atomic E-state index is 12.4. The summed E-state index contributed by atoms with van der Waals surface area (Å²) in [6.07, 6.45) is 7.28. The van der Waals surface area contributed by atoms with Gasteiger partial charge in [0.05, 0.1) is 24.4 Å². The maximum Gasteiger partial charge on any atom is 0.242 e. The highest BCUT2D eigenvalue weighted by Crippen LogP contribution is 2.34. The fourth-order valence-electron chi connectivity index (χ4n) is 3.09. The van der Waals surface area contributed by atoms with Gasteiger partial charge >= 0.3 is 0 Å². The van der Waals surface area contributed by atoms with Gasteiger partial charge in [-0.15, -0.1) is 0 Å². The molecular formula is C13H20N4O2. The van der Waals surface area contributed by atoms with Crippen molar-refractivity contribution >= 4 is 5.91 Å². The summed E-state index contributed by atoms with van der Waals surface area (Å²) in [5, 5.41) is 10.3.